The number of unbranched alkanes of at least 4 members (excludes halogenated alkanes) is 3. The molecule has 2 nitrogen and oxygen atoms in total. The molecule has 1 fully saturated rings. The molecule has 1 aliphatic rings. The highest BCUT2D eigenvalue weighted by atomic mass is 15.2. The summed E-state index contributed by atoms with van der Waals surface area (Å²) in [6.07, 6.45) is 9.39. The zero-order chi connectivity index (χ0) is 12.7. The Morgan fingerprint density at radius 3 is 2.53 bits per heavy atom. The normalized spacial score (nSPS) is 26.6. The van der Waals surface area contributed by atoms with E-state index in [0.29, 0.717) is 12.1 Å². The number of likely N-dealkylation sites (tertiary alicyclic amines) is 1. The van der Waals surface area contributed by atoms with Gasteiger partial charge in [-0.05, 0) is 45.2 Å². The van der Waals surface area contributed by atoms with Crippen LogP contribution in [0, 0.1) is 5.92 Å². The molecule has 0 amide bonds. The minimum atomic E-state index is 0.451. The van der Waals surface area contributed by atoms with Crippen LogP contribution in [0.5, 0.6) is 0 Å². The first-order chi connectivity index (χ1) is 8.09. The summed E-state index contributed by atoms with van der Waals surface area (Å²) in [5, 5.41) is 0. The summed E-state index contributed by atoms with van der Waals surface area (Å²) in [7, 11) is 0. The summed E-state index contributed by atoms with van der Waals surface area (Å²) in [6, 6.07) is 1.15. The molecule has 102 valence electrons. The van der Waals surface area contributed by atoms with Gasteiger partial charge in [-0.15, -0.1) is 0 Å². The molecule has 1 heterocycles. The second kappa shape index (κ2) is 8.10. The molecule has 2 heteroatoms. The Morgan fingerprint density at radius 1 is 1.18 bits per heavy atom. The smallest absolute Gasteiger partial charge is 0.00816 e. The maximum Gasteiger partial charge on any atom is 0.00816 e. The zero-order valence-electron chi connectivity index (χ0n) is 12.1. The van der Waals surface area contributed by atoms with Gasteiger partial charge in [0.2, 0.25) is 0 Å². The van der Waals surface area contributed by atoms with E-state index in [1.807, 2.05) is 0 Å². The molecule has 0 aliphatic carbocycles. The van der Waals surface area contributed by atoms with Crippen molar-refractivity contribution in [1.29, 1.82) is 0 Å². The fraction of sp³-hybridized carbons (Fsp3) is 1.00. The van der Waals surface area contributed by atoms with Gasteiger partial charge < -0.3 is 10.6 Å². The Hall–Kier alpha value is -0.0800. The second-order valence-corrected chi connectivity index (χ2v) is 6.27. The van der Waals surface area contributed by atoms with Crippen LogP contribution in [0.25, 0.3) is 0 Å². The predicted octanol–water partition coefficient (Wildman–Crippen LogP) is 3.40. The SMILES string of the molecule is CC(C)CCCCCCN1CCC(N)CC1C. The first-order valence-corrected chi connectivity index (χ1v) is 7.59. The van der Waals surface area contributed by atoms with Gasteiger partial charge in [0.25, 0.3) is 0 Å². The molecule has 0 aromatic rings. The number of rotatable bonds is 7. The van der Waals surface area contributed by atoms with Crippen molar-refractivity contribution in [3.05, 3.63) is 0 Å². The predicted molar refractivity (Wildman–Crippen MR) is 76.2 cm³/mol. The van der Waals surface area contributed by atoms with Gasteiger partial charge in [-0.2, -0.15) is 0 Å². The topological polar surface area (TPSA) is 29.3 Å². The van der Waals surface area contributed by atoms with Gasteiger partial charge in [0.15, 0.2) is 0 Å². The number of nitrogens with zero attached hydrogens (tertiary/aromatic N) is 1. The Kier molecular flexibility index (Phi) is 7.14. The summed E-state index contributed by atoms with van der Waals surface area (Å²) in [5.41, 5.74) is 5.98. The lowest BCUT2D eigenvalue weighted by molar-refractivity contribution is 0.145. The van der Waals surface area contributed by atoms with Gasteiger partial charge >= 0.3 is 0 Å². The molecule has 0 saturated carbocycles. The van der Waals surface area contributed by atoms with E-state index in [4.69, 9.17) is 5.73 Å². The van der Waals surface area contributed by atoms with Crippen LogP contribution in [-0.4, -0.2) is 30.1 Å². The van der Waals surface area contributed by atoms with Crippen LogP contribution in [0.4, 0.5) is 0 Å². The lowest BCUT2D eigenvalue weighted by Gasteiger charge is -2.36. The molecule has 1 rings (SSSR count). The second-order valence-electron chi connectivity index (χ2n) is 6.27. The van der Waals surface area contributed by atoms with Crippen LogP contribution in [0.1, 0.15) is 65.7 Å². The standard InChI is InChI=1S/C15H32N2/c1-13(2)8-6-4-5-7-10-17-11-9-15(16)12-14(17)3/h13-15H,4-12,16H2,1-3H3. The number of hydrogen-bond donors (Lipinski definition) is 1. The molecule has 0 spiro atoms. The quantitative estimate of drug-likeness (QED) is 0.691. The third kappa shape index (κ3) is 6.42. The highest BCUT2D eigenvalue weighted by Gasteiger charge is 2.22. The van der Waals surface area contributed by atoms with Gasteiger partial charge in [0, 0.05) is 12.1 Å². The van der Waals surface area contributed by atoms with Crippen LogP contribution in [-0.2, 0) is 0 Å². The van der Waals surface area contributed by atoms with E-state index >= 15 is 0 Å². The van der Waals surface area contributed by atoms with Crippen molar-refractivity contribution in [1.82, 2.24) is 4.90 Å². The Labute approximate surface area is 108 Å². The van der Waals surface area contributed by atoms with E-state index in [-0.39, 0.29) is 0 Å². The van der Waals surface area contributed by atoms with Gasteiger partial charge in [0.05, 0.1) is 0 Å². The molecule has 2 N–H and O–H groups in total. The van der Waals surface area contributed by atoms with Crippen LogP contribution in [0.2, 0.25) is 0 Å². The fourth-order valence-electron chi connectivity index (χ4n) is 2.81. The van der Waals surface area contributed by atoms with E-state index < -0.39 is 0 Å². The molecule has 0 aromatic carbocycles. The molecule has 0 radical (unpaired) electrons. The zero-order valence-corrected chi connectivity index (χ0v) is 12.1. The highest BCUT2D eigenvalue weighted by molar-refractivity contribution is 4.80. The molecule has 2 unspecified atom stereocenters. The summed E-state index contributed by atoms with van der Waals surface area (Å²) < 4.78 is 0. The first kappa shape index (κ1) is 15.0. The fourth-order valence-corrected chi connectivity index (χ4v) is 2.81. The third-order valence-corrected chi connectivity index (χ3v) is 4.03. The Bertz CT molecular complexity index is 191. The molecule has 17 heavy (non-hydrogen) atoms. The van der Waals surface area contributed by atoms with Crippen molar-refractivity contribution in [3.8, 4) is 0 Å². The molecule has 0 aromatic heterocycles. The summed E-state index contributed by atoms with van der Waals surface area (Å²) in [5.74, 6) is 0.874. The van der Waals surface area contributed by atoms with Gasteiger partial charge in [-0.1, -0.05) is 39.5 Å². The van der Waals surface area contributed by atoms with E-state index in [2.05, 4.69) is 25.7 Å². The molecular weight excluding hydrogens is 208 g/mol. The van der Waals surface area contributed by atoms with Crippen molar-refractivity contribution >= 4 is 0 Å². The van der Waals surface area contributed by atoms with Crippen LogP contribution in [0.3, 0.4) is 0 Å². The lowest BCUT2D eigenvalue weighted by Crippen LogP contribution is -2.45. The maximum atomic E-state index is 5.98. The minimum Gasteiger partial charge on any atom is -0.328 e. The van der Waals surface area contributed by atoms with E-state index in [1.54, 1.807) is 0 Å². The maximum absolute atomic E-state index is 5.98. The lowest BCUT2D eigenvalue weighted by atomic mass is 9.98. The Morgan fingerprint density at radius 2 is 1.88 bits per heavy atom. The first-order valence-electron chi connectivity index (χ1n) is 7.59. The van der Waals surface area contributed by atoms with Gasteiger partial charge in [0.1, 0.15) is 0 Å². The molecule has 1 aliphatic heterocycles. The van der Waals surface area contributed by atoms with Crippen molar-refractivity contribution in [3.63, 3.8) is 0 Å². The number of hydrogen-bond acceptors (Lipinski definition) is 2. The van der Waals surface area contributed by atoms with E-state index in [0.717, 1.165) is 5.92 Å². The van der Waals surface area contributed by atoms with Crippen LogP contribution >= 0.6 is 0 Å². The van der Waals surface area contributed by atoms with Crippen LogP contribution in [0.15, 0.2) is 0 Å². The molecular formula is C15H32N2. The average Bonchev–Trinajstić information content (AvgIpc) is 2.25. The number of piperidine rings is 1. The number of nitrogens with two attached hydrogens (primary N) is 1. The van der Waals surface area contributed by atoms with Gasteiger partial charge in [-0.3, -0.25) is 0 Å². The van der Waals surface area contributed by atoms with Crippen LogP contribution < -0.4 is 5.73 Å². The molecule has 0 bridgehead atoms. The van der Waals surface area contributed by atoms with E-state index in [1.165, 1.54) is 58.0 Å². The summed E-state index contributed by atoms with van der Waals surface area (Å²) >= 11 is 0. The third-order valence-electron chi connectivity index (χ3n) is 4.03. The highest BCUT2D eigenvalue weighted by Crippen LogP contribution is 2.17. The van der Waals surface area contributed by atoms with Crippen molar-refractivity contribution in [2.75, 3.05) is 13.1 Å². The largest absolute Gasteiger partial charge is 0.328 e. The Balaban J connectivity index is 1.99. The molecule has 2 atom stereocenters. The summed E-state index contributed by atoms with van der Waals surface area (Å²) in [4.78, 5) is 2.63. The summed E-state index contributed by atoms with van der Waals surface area (Å²) in [6.45, 7) is 9.47. The monoisotopic (exact) mass is 240 g/mol. The van der Waals surface area contributed by atoms with E-state index in [9.17, 15) is 0 Å². The molecule has 1 saturated heterocycles. The minimum absolute atomic E-state index is 0.451. The van der Waals surface area contributed by atoms with Crippen molar-refractivity contribution in [2.24, 2.45) is 11.7 Å². The average molecular weight is 240 g/mol. The van der Waals surface area contributed by atoms with Crippen molar-refractivity contribution in [2.45, 2.75) is 77.8 Å². The van der Waals surface area contributed by atoms with Gasteiger partial charge in [-0.25, -0.2) is 0 Å². The van der Waals surface area contributed by atoms with Crippen molar-refractivity contribution < 1.29 is 0 Å².